The zero-order valence-corrected chi connectivity index (χ0v) is 10.7. The standard InChI is InChI=1S/C15H12F3NO/c1-11-7-8-14(13(9-11)15(16,17)18)19(20)10-12-5-3-2-4-6-12/h2-10H,1H3. The minimum Gasteiger partial charge on any atom is -0.618 e. The number of aryl methyl sites for hydroxylation is 1. The quantitative estimate of drug-likeness (QED) is 0.349. The van der Waals surface area contributed by atoms with Crippen molar-refractivity contribution in [2.24, 2.45) is 0 Å². The van der Waals surface area contributed by atoms with Crippen LogP contribution in [0.5, 0.6) is 0 Å². The van der Waals surface area contributed by atoms with Crippen LogP contribution >= 0.6 is 0 Å². The van der Waals surface area contributed by atoms with Gasteiger partial charge in [0.15, 0.2) is 6.21 Å². The second-order valence-electron chi connectivity index (χ2n) is 4.38. The normalized spacial score (nSPS) is 12.5. The molecule has 0 aliphatic rings. The molecule has 0 amide bonds. The summed E-state index contributed by atoms with van der Waals surface area (Å²) in [5.74, 6) is 0. The van der Waals surface area contributed by atoms with E-state index in [9.17, 15) is 18.4 Å². The second kappa shape index (κ2) is 5.36. The van der Waals surface area contributed by atoms with Crippen LogP contribution in [0.3, 0.4) is 0 Å². The first-order valence-electron chi connectivity index (χ1n) is 5.92. The second-order valence-corrected chi connectivity index (χ2v) is 4.38. The van der Waals surface area contributed by atoms with Gasteiger partial charge < -0.3 is 5.21 Å². The Hall–Kier alpha value is -2.30. The number of benzene rings is 2. The monoisotopic (exact) mass is 279 g/mol. The van der Waals surface area contributed by atoms with Crippen molar-refractivity contribution in [3.05, 3.63) is 70.4 Å². The molecule has 2 aromatic carbocycles. The predicted octanol–water partition coefficient (Wildman–Crippen LogP) is 4.27. The summed E-state index contributed by atoms with van der Waals surface area (Å²) in [7, 11) is 0. The summed E-state index contributed by atoms with van der Waals surface area (Å²) in [5, 5.41) is 12.0. The zero-order valence-electron chi connectivity index (χ0n) is 10.7. The number of hydrogen-bond donors (Lipinski definition) is 0. The van der Waals surface area contributed by atoms with E-state index in [-0.39, 0.29) is 4.74 Å². The van der Waals surface area contributed by atoms with E-state index in [0.717, 1.165) is 12.3 Å². The third-order valence-electron chi connectivity index (χ3n) is 2.76. The number of rotatable bonds is 2. The van der Waals surface area contributed by atoms with Crippen LogP contribution in [0.2, 0.25) is 0 Å². The fourth-order valence-electron chi connectivity index (χ4n) is 1.81. The fourth-order valence-corrected chi connectivity index (χ4v) is 1.81. The summed E-state index contributed by atoms with van der Waals surface area (Å²) in [4.78, 5) is 0. The highest BCUT2D eigenvalue weighted by atomic mass is 19.4. The molecule has 0 atom stereocenters. The average molecular weight is 279 g/mol. The maximum Gasteiger partial charge on any atom is 0.422 e. The highest BCUT2D eigenvalue weighted by molar-refractivity contribution is 5.76. The van der Waals surface area contributed by atoms with E-state index in [1.54, 1.807) is 37.3 Å². The molecule has 0 saturated heterocycles. The van der Waals surface area contributed by atoms with Crippen LogP contribution in [0.25, 0.3) is 0 Å². The first-order valence-corrected chi connectivity index (χ1v) is 5.92. The summed E-state index contributed by atoms with van der Waals surface area (Å²) < 4.78 is 39.1. The van der Waals surface area contributed by atoms with E-state index in [4.69, 9.17) is 0 Å². The maximum atomic E-state index is 12.9. The van der Waals surface area contributed by atoms with Crippen molar-refractivity contribution in [3.63, 3.8) is 0 Å². The molecule has 0 heterocycles. The molecule has 0 spiro atoms. The van der Waals surface area contributed by atoms with Gasteiger partial charge in [0.1, 0.15) is 5.56 Å². The molecule has 0 aliphatic carbocycles. The number of alkyl halides is 3. The van der Waals surface area contributed by atoms with Crippen LogP contribution < -0.4 is 0 Å². The summed E-state index contributed by atoms with van der Waals surface area (Å²) >= 11 is 0. The summed E-state index contributed by atoms with van der Waals surface area (Å²) in [6.07, 6.45) is -3.44. The summed E-state index contributed by atoms with van der Waals surface area (Å²) in [6.45, 7) is 1.55. The molecule has 0 N–H and O–H groups in total. The lowest BCUT2D eigenvalue weighted by Gasteiger charge is -2.12. The van der Waals surface area contributed by atoms with Crippen LogP contribution in [0.1, 0.15) is 16.7 Å². The SMILES string of the molecule is Cc1ccc([N+]([O-])=Cc2ccccc2)c(C(F)(F)F)c1. The van der Waals surface area contributed by atoms with Gasteiger partial charge in [0.25, 0.3) is 0 Å². The van der Waals surface area contributed by atoms with Crippen molar-refractivity contribution in [2.75, 3.05) is 0 Å². The number of halogens is 3. The Labute approximate surface area is 114 Å². The molecule has 0 aliphatic heterocycles. The van der Waals surface area contributed by atoms with Gasteiger partial charge in [-0.15, -0.1) is 0 Å². The third kappa shape index (κ3) is 3.17. The molecule has 5 heteroatoms. The molecule has 2 aromatic rings. The largest absolute Gasteiger partial charge is 0.618 e. The van der Waals surface area contributed by atoms with Crippen molar-refractivity contribution >= 4 is 11.9 Å². The van der Waals surface area contributed by atoms with E-state index in [0.29, 0.717) is 11.1 Å². The summed E-state index contributed by atoms with van der Waals surface area (Å²) in [6, 6.07) is 12.1. The van der Waals surface area contributed by atoms with E-state index in [1.807, 2.05) is 0 Å². The van der Waals surface area contributed by atoms with Crippen molar-refractivity contribution < 1.29 is 17.9 Å². The lowest BCUT2D eigenvalue weighted by atomic mass is 10.1. The molecule has 104 valence electrons. The van der Waals surface area contributed by atoms with Crippen LogP contribution in [0.15, 0.2) is 48.5 Å². The van der Waals surface area contributed by atoms with Gasteiger partial charge in [-0.05, 0) is 25.1 Å². The van der Waals surface area contributed by atoms with E-state index in [1.165, 1.54) is 12.1 Å². The fraction of sp³-hybridized carbons (Fsp3) is 0.133. The lowest BCUT2D eigenvalue weighted by molar-refractivity contribution is -0.358. The Morgan fingerprint density at radius 2 is 1.70 bits per heavy atom. The Kier molecular flexibility index (Phi) is 3.79. The Morgan fingerprint density at radius 3 is 2.30 bits per heavy atom. The first kappa shape index (κ1) is 14.1. The Balaban J connectivity index is 2.50. The molecular weight excluding hydrogens is 267 g/mol. The van der Waals surface area contributed by atoms with Gasteiger partial charge in [-0.1, -0.05) is 29.8 Å². The van der Waals surface area contributed by atoms with Gasteiger partial charge in [0.05, 0.1) is 0 Å². The Morgan fingerprint density at radius 1 is 1.05 bits per heavy atom. The predicted molar refractivity (Wildman–Crippen MR) is 71.1 cm³/mol. The molecule has 20 heavy (non-hydrogen) atoms. The smallest absolute Gasteiger partial charge is 0.422 e. The van der Waals surface area contributed by atoms with Crippen LogP contribution in [-0.2, 0) is 6.18 Å². The van der Waals surface area contributed by atoms with Crippen LogP contribution in [-0.4, -0.2) is 11.0 Å². The molecule has 0 bridgehead atoms. The van der Waals surface area contributed by atoms with E-state index >= 15 is 0 Å². The highest BCUT2D eigenvalue weighted by Crippen LogP contribution is 2.36. The minimum absolute atomic E-state index is 0.248. The molecule has 0 fully saturated rings. The lowest BCUT2D eigenvalue weighted by Crippen LogP contribution is -2.11. The van der Waals surface area contributed by atoms with E-state index < -0.39 is 17.4 Å². The molecular formula is C15H12F3NO. The van der Waals surface area contributed by atoms with Gasteiger partial charge in [-0.2, -0.15) is 17.9 Å². The van der Waals surface area contributed by atoms with Gasteiger partial charge >= 0.3 is 6.18 Å². The average Bonchev–Trinajstić information content (AvgIpc) is 2.38. The van der Waals surface area contributed by atoms with Gasteiger partial charge in [-0.25, -0.2) is 0 Å². The minimum atomic E-state index is -4.56. The molecule has 2 nitrogen and oxygen atoms in total. The molecule has 0 saturated carbocycles. The topological polar surface area (TPSA) is 26.1 Å². The van der Waals surface area contributed by atoms with E-state index in [2.05, 4.69) is 0 Å². The molecule has 0 aromatic heterocycles. The highest BCUT2D eigenvalue weighted by Gasteiger charge is 2.36. The molecule has 0 unspecified atom stereocenters. The van der Waals surface area contributed by atoms with Gasteiger partial charge in [0.2, 0.25) is 5.69 Å². The van der Waals surface area contributed by atoms with Gasteiger partial charge in [-0.3, -0.25) is 0 Å². The molecule has 2 rings (SSSR count). The van der Waals surface area contributed by atoms with Crippen LogP contribution in [0, 0.1) is 12.1 Å². The van der Waals surface area contributed by atoms with Crippen molar-refractivity contribution in [1.82, 2.24) is 0 Å². The maximum absolute atomic E-state index is 12.9. The summed E-state index contributed by atoms with van der Waals surface area (Å²) in [5.41, 5.74) is -0.350. The third-order valence-corrected chi connectivity index (χ3v) is 2.76. The Bertz CT molecular complexity index is 633. The van der Waals surface area contributed by atoms with Crippen molar-refractivity contribution in [3.8, 4) is 0 Å². The molecule has 0 radical (unpaired) electrons. The van der Waals surface area contributed by atoms with Crippen LogP contribution in [0.4, 0.5) is 18.9 Å². The van der Waals surface area contributed by atoms with Crippen molar-refractivity contribution in [2.45, 2.75) is 13.1 Å². The number of nitrogens with zero attached hydrogens (tertiary/aromatic N) is 1. The number of hydrogen-bond acceptors (Lipinski definition) is 1. The zero-order chi connectivity index (χ0) is 14.8. The van der Waals surface area contributed by atoms with Crippen molar-refractivity contribution in [1.29, 1.82) is 0 Å². The first-order chi connectivity index (χ1) is 9.38. The van der Waals surface area contributed by atoms with Gasteiger partial charge in [0, 0.05) is 11.6 Å².